The molecule has 6 heteroatoms. The summed E-state index contributed by atoms with van der Waals surface area (Å²) in [6.07, 6.45) is 0. The molecule has 0 aliphatic carbocycles. The summed E-state index contributed by atoms with van der Waals surface area (Å²) >= 11 is 0. The summed E-state index contributed by atoms with van der Waals surface area (Å²) in [7, 11) is -4.56. The summed E-state index contributed by atoms with van der Waals surface area (Å²) in [6, 6.07) is 12.7. The van der Waals surface area contributed by atoms with Gasteiger partial charge in [-0.15, -0.1) is 0 Å². The highest BCUT2D eigenvalue weighted by Gasteiger charge is 2.18. The largest absolute Gasteiger partial charge is 0.524 e. The van der Waals surface area contributed by atoms with E-state index >= 15 is 0 Å². The van der Waals surface area contributed by atoms with Gasteiger partial charge in [0.2, 0.25) is 0 Å². The summed E-state index contributed by atoms with van der Waals surface area (Å²) in [5, 5.41) is 1.86. The van der Waals surface area contributed by atoms with Crippen LogP contribution in [0, 0.1) is 0 Å². The molecule has 0 fully saturated rings. The van der Waals surface area contributed by atoms with Crippen molar-refractivity contribution >= 4 is 29.6 Å². The minimum atomic E-state index is -4.56. The highest BCUT2D eigenvalue weighted by atomic mass is 31.2. The van der Waals surface area contributed by atoms with Crippen molar-refractivity contribution in [2.24, 2.45) is 0 Å². The molecule has 0 amide bonds. The number of benzene rings is 2. The zero-order valence-electron chi connectivity index (χ0n) is 9.20. The standard InChI is InChI=1S/C12H10NO4P/c14-18(15,16)17-11-7-3-5-9-8-4-1-2-6-10(8)13-12(9)11/h1-7,13H,(H2,14,15,16). The first-order chi connectivity index (χ1) is 8.54. The normalized spacial score (nSPS) is 12.1. The molecule has 1 heterocycles. The fourth-order valence-corrected chi connectivity index (χ4v) is 2.46. The summed E-state index contributed by atoms with van der Waals surface area (Å²) < 4.78 is 15.6. The monoisotopic (exact) mass is 263 g/mol. The molecule has 0 unspecified atom stereocenters. The van der Waals surface area contributed by atoms with Crippen molar-refractivity contribution in [2.45, 2.75) is 0 Å². The van der Waals surface area contributed by atoms with E-state index in [9.17, 15) is 4.57 Å². The lowest BCUT2D eigenvalue weighted by Crippen LogP contribution is -1.90. The van der Waals surface area contributed by atoms with Crippen molar-refractivity contribution in [3.05, 3.63) is 42.5 Å². The smallest absolute Gasteiger partial charge is 0.402 e. The average Bonchev–Trinajstić information content (AvgIpc) is 2.67. The second-order valence-electron chi connectivity index (χ2n) is 3.93. The van der Waals surface area contributed by atoms with Crippen LogP contribution in [-0.2, 0) is 4.57 Å². The van der Waals surface area contributed by atoms with E-state index in [0.717, 1.165) is 16.3 Å². The predicted molar refractivity (Wildman–Crippen MR) is 68.5 cm³/mol. The minimum absolute atomic E-state index is 0.150. The van der Waals surface area contributed by atoms with E-state index in [1.54, 1.807) is 6.07 Å². The van der Waals surface area contributed by atoms with E-state index in [1.165, 1.54) is 6.07 Å². The lowest BCUT2D eigenvalue weighted by molar-refractivity contribution is 0.284. The summed E-state index contributed by atoms with van der Waals surface area (Å²) in [6.45, 7) is 0. The van der Waals surface area contributed by atoms with E-state index in [2.05, 4.69) is 9.51 Å². The number of hydrogen-bond donors (Lipinski definition) is 3. The van der Waals surface area contributed by atoms with Gasteiger partial charge in [-0.3, -0.25) is 9.79 Å². The van der Waals surface area contributed by atoms with Crippen molar-refractivity contribution < 1.29 is 18.9 Å². The van der Waals surface area contributed by atoms with Gasteiger partial charge in [0.15, 0.2) is 5.75 Å². The molecule has 0 aliphatic rings. The number of nitrogens with one attached hydrogen (secondary N) is 1. The Hall–Kier alpha value is -1.81. The third-order valence-electron chi connectivity index (χ3n) is 2.72. The van der Waals surface area contributed by atoms with Crippen molar-refractivity contribution in [3.8, 4) is 5.75 Å². The van der Waals surface area contributed by atoms with Crippen LogP contribution in [-0.4, -0.2) is 14.8 Å². The summed E-state index contributed by atoms with van der Waals surface area (Å²) in [4.78, 5) is 20.9. The third-order valence-corrected chi connectivity index (χ3v) is 3.15. The number of hydrogen-bond acceptors (Lipinski definition) is 2. The van der Waals surface area contributed by atoms with Crippen molar-refractivity contribution in [3.63, 3.8) is 0 Å². The topological polar surface area (TPSA) is 82.6 Å². The van der Waals surface area contributed by atoms with Gasteiger partial charge in [0.05, 0.1) is 5.52 Å². The second-order valence-corrected chi connectivity index (χ2v) is 5.09. The molecule has 0 radical (unpaired) electrons. The van der Waals surface area contributed by atoms with Gasteiger partial charge in [0.1, 0.15) is 0 Å². The van der Waals surface area contributed by atoms with E-state index in [1.807, 2.05) is 30.3 Å². The Balaban J connectivity index is 2.31. The van der Waals surface area contributed by atoms with Crippen LogP contribution in [0.15, 0.2) is 42.5 Å². The van der Waals surface area contributed by atoms with Crippen molar-refractivity contribution in [1.29, 1.82) is 0 Å². The number of phosphoric ester groups is 1. The van der Waals surface area contributed by atoms with Gasteiger partial charge in [0, 0.05) is 16.3 Å². The zero-order valence-corrected chi connectivity index (χ0v) is 10.1. The fraction of sp³-hybridized carbons (Fsp3) is 0. The highest BCUT2D eigenvalue weighted by molar-refractivity contribution is 7.46. The Labute approximate surface area is 102 Å². The van der Waals surface area contributed by atoms with Crippen LogP contribution in [0.25, 0.3) is 21.8 Å². The average molecular weight is 263 g/mol. The SMILES string of the molecule is O=P(O)(O)Oc1cccc2c1[nH]c1ccccc12. The quantitative estimate of drug-likeness (QED) is 0.621. The van der Waals surface area contributed by atoms with Gasteiger partial charge in [-0.1, -0.05) is 30.3 Å². The van der Waals surface area contributed by atoms with Crippen LogP contribution in [0.3, 0.4) is 0 Å². The molecule has 0 atom stereocenters. The van der Waals surface area contributed by atoms with Gasteiger partial charge in [-0.05, 0) is 12.1 Å². The number of fused-ring (bicyclic) bond motifs is 3. The molecule has 3 N–H and O–H groups in total. The maximum absolute atomic E-state index is 10.9. The Kier molecular flexibility index (Phi) is 2.41. The van der Waals surface area contributed by atoms with Crippen LogP contribution in [0.1, 0.15) is 0 Å². The number of para-hydroxylation sites is 2. The predicted octanol–water partition coefficient (Wildman–Crippen LogP) is 2.79. The molecule has 0 aliphatic heterocycles. The molecule has 18 heavy (non-hydrogen) atoms. The maximum atomic E-state index is 10.9. The molecule has 0 saturated carbocycles. The van der Waals surface area contributed by atoms with Gasteiger partial charge in [-0.2, -0.15) is 0 Å². The first-order valence-electron chi connectivity index (χ1n) is 5.29. The molecule has 1 aromatic heterocycles. The van der Waals surface area contributed by atoms with Crippen LogP contribution in [0.4, 0.5) is 0 Å². The maximum Gasteiger partial charge on any atom is 0.524 e. The van der Waals surface area contributed by atoms with E-state index in [-0.39, 0.29) is 5.75 Å². The minimum Gasteiger partial charge on any atom is -0.402 e. The Morgan fingerprint density at radius 2 is 1.72 bits per heavy atom. The first kappa shape index (κ1) is 11.3. The molecule has 3 rings (SSSR count). The van der Waals surface area contributed by atoms with Crippen LogP contribution in [0.2, 0.25) is 0 Å². The van der Waals surface area contributed by atoms with Gasteiger partial charge in [0.25, 0.3) is 0 Å². The second kappa shape index (κ2) is 3.85. The number of rotatable bonds is 2. The van der Waals surface area contributed by atoms with Crippen LogP contribution < -0.4 is 4.52 Å². The Morgan fingerprint density at radius 3 is 2.50 bits per heavy atom. The zero-order chi connectivity index (χ0) is 12.8. The summed E-state index contributed by atoms with van der Waals surface area (Å²) in [5.74, 6) is 0.150. The number of aromatic amines is 1. The molecule has 2 aromatic carbocycles. The molecule has 92 valence electrons. The molecular weight excluding hydrogens is 253 g/mol. The molecule has 3 aromatic rings. The molecule has 0 spiro atoms. The lowest BCUT2D eigenvalue weighted by atomic mass is 10.1. The van der Waals surface area contributed by atoms with E-state index in [4.69, 9.17) is 9.79 Å². The van der Waals surface area contributed by atoms with Gasteiger partial charge >= 0.3 is 7.82 Å². The molecular formula is C12H10NO4P. The lowest BCUT2D eigenvalue weighted by Gasteiger charge is -2.07. The van der Waals surface area contributed by atoms with Crippen LogP contribution in [0.5, 0.6) is 5.75 Å². The van der Waals surface area contributed by atoms with Crippen molar-refractivity contribution in [1.82, 2.24) is 4.98 Å². The molecule has 0 bridgehead atoms. The van der Waals surface area contributed by atoms with E-state index in [0.29, 0.717) is 5.52 Å². The van der Waals surface area contributed by atoms with Crippen molar-refractivity contribution in [2.75, 3.05) is 0 Å². The third kappa shape index (κ3) is 1.88. The number of aromatic nitrogens is 1. The summed E-state index contributed by atoms with van der Waals surface area (Å²) in [5.41, 5.74) is 1.48. The first-order valence-corrected chi connectivity index (χ1v) is 6.82. The molecule has 5 nitrogen and oxygen atoms in total. The fourth-order valence-electron chi connectivity index (χ4n) is 2.05. The van der Waals surface area contributed by atoms with Gasteiger partial charge in [-0.25, -0.2) is 4.57 Å². The highest BCUT2D eigenvalue weighted by Crippen LogP contribution is 2.41. The molecule has 0 saturated heterocycles. The Morgan fingerprint density at radius 1 is 1.00 bits per heavy atom. The number of phosphoric acid groups is 1. The van der Waals surface area contributed by atoms with Gasteiger partial charge < -0.3 is 9.51 Å². The number of H-pyrrole nitrogens is 1. The van der Waals surface area contributed by atoms with E-state index < -0.39 is 7.82 Å². The van der Waals surface area contributed by atoms with Crippen LogP contribution >= 0.6 is 7.82 Å². The Bertz CT molecular complexity index is 774.